The summed E-state index contributed by atoms with van der Waals surface area (Å²) in [7, 11) is 0. The molecule has 0 saturated carbocycles. The lowest BCUT2D eigenvalue weighted by Gasteiger charge is -2.24. The summed E-state index contributed by atoms with van der Waals surface area (Å²) in [5, 5.41) is 5.19. The van der Waals surface area contributed by atoms with Crippen LogP contribution in [0.4, 0.5) is 5.69 Å². The van der Waals surface area contributed by atoms with Crippen LogP contribution in [0, 0.1) is 6.92 Å². The molecule has 0 spiro atoms. The number of thioether (sulfide) groups is 1. The number of rotatable bonds is 4. The highest BCUT2D eigenvalue weighted by atomic mass is 32.2. The molecule has 1 N–H and O–H groups in total. The molecule has 138 valence electrons. The summed E-state index contributed by atoms with van der Waals surface area (Å²) in [6, 6.07) is 25.9. The van der Waals surface area contributed by atoms with Crippen LogP contribution in [0.5, 0.6) is 0 Å². The molecule has 3 heteroatoms. The number of fused-ring (bicyclic) bond motifs is 3. The third kappa shape index (κ3) is 3.06. The van der Waals surface area contributed by atoms with Gasteiger partial charge in [0.2, 0.25) is 0 Å². The Balaban J connectivity index is 1.69. The Morgan fingerprint density at radius 1 is 0.893 bits per heavy atom. The normalized spacial score (nSPS) is 13.1. The van der Waals surface area contributed by atoms with E-state index in [-0.39, 0.29) is 6.04 Å². The molecule has 4 aromatic rings. The monoisotopic (exact) mass is 382 g/mol. The fourth-order valence-corrected chi connectivity index (χ4v) is 5.13. The van der Waals surface area contributed by atoms with Gasteiger partial charge in [-0.1, -0.05) is 60.7 Å². The van der Waals surface area contributed by atoms with Crippen LogP contribution in [-0.4, -0.2) is 10.7 Å². The number of benzene rings is 3. The standard InChI is InChI=1S/C25H22N2S/c1-17-16-26-21-12-13-22-20(14-15-28-22)23(21)24(17)27-25(18-8-4-2-5-9-18)19-10-6-3-7-11-19/h2-13,16,25H,14-15H2,1H3,(H,26,27). The molecule has 2 nitrogen and oxygen atoms in total. The van der Waals surface area contributed by atoms with Gasteiger partial charge in [-0.25, -0.2) is 0 Å². The van der Waals surface area contributed by atoms with Crippen molar-refractivity contribution in [3.8, 4) is 0 Å². The van der Waals surface area contributed by atoms with Crippen LogP contribution in [-0.2, 0) is 6.42 Å². The van der Waals surface area contributed by atoms with Crippen molar-refractivity contribution in [3.63, 3.8) is 0 Å². The second kappa shape index (κ2) is 7.33. The Morgan fingerprint density at radius 2 is 1.57 bits per heavy atom. The number of pyridine rings is 1. The largest absolute Gasteiger partial charge is 0.373 e. The minimum absolute atomic E-state index is 0.0941. The van der Waals surface area contributed by atoms with Gasteiger partial charge >= 0.3 is 0 Å². The molecule has 1 aliphatic heterocycles. The predicted molar refractivity (Wildman–Crippen MR) is 119 cm³/mol. The minimum atomic E-state index is 0.0941. The fourth-order valence-electron chi connectivity index (χ4n) is 4.06. The Hall–Kier alpha value is -2.78. The van der Waals surface area contributed by atoms with Crippen molar-refractivity contribution in [2.75, 3.05) is 11.1 Å². The summed E-state index contributed by atoms with van der Waals surface area (Å²) in [6.45, 7) is 2.16. The molecule has 0 aliphatic carbocycles. The zero-order chi connectivity index (χ0) is 18.9. The van der Waals surface area contributed by atoms with Gasteiger partial charge in [0.25, 0.3) is 0 Å². The molecule has 0 fully saturated rings. The molecule has 0 amide bonds. The number of hydrogen-bond acceptors (Lipinski definition) is 3. The summed E-state index contributed by atoms with van der Waals surface area (Å²) in [5.41, 5.74) is 7.45. The lowest BCUT2D eigenvalue weighted by molar-refractivity contribution is 0.937. The average molecular weight is 383 g/mol. The summed E-state index contributed by atoms with van der Waals surface area (Å²) in [5.74, 6) is 1.16. The van der Waals surface area contributed by atoms with Crippen LogP contribution in [0.25, 0.3) is 10.9 Å². The van der Waals surface area contributed by atoms with Crippen molar-refractivity contribution in [2.24, 2.45) is 0 Å². The van der Waals surface area contributed by atoms with Crippen molar-refractivity contribution in [1.29, 1.82) is 0 Å². The van der Waals surface area contributed by atoms with Crippen LogP contribution in [0.3, 0.4) is 0 Å². The van der Waals surface area contributed by atoms with E-state index in [1.165, 1.54) is 38.2 Å². The fraction of sp³-hybridized carbons (Fsp3) is 0.160. The second-order valence-corrected chi connectivity index (χ2v) is 8.39. The summed E-state index contributed by atoms with van der Waals surface area (Å²) >= 11 is 1.95. The summed E-state index contributed by atoms with van der Waals surface area (Å²) in [6.07, 6.45) is 3.10. The average Bonchev–Trinajstić information content (AvgIpc) is 3.23. The van der Waals surface area contributed by atoms with Crippen LogP contribution >= 0.6 is 11.8 Å². The van der Waals surface area contributed by atoms with Gasteiger partial charge in [0, 0.05) is 27.9 Å². The molecule has 5 rings (SSSR count). The van der Waals surface area contributed by atoms with Gasteiger partial charge in [-0.05, 0) is 47.7 Å². The quantitative estimate of drug-likeness (QED) is 0.442. The van der Waals surface area contributed by atoms with Gasteiger partial charge in [0.05, 0.1) is 11.6 Å². The van der Waals surface area contributed by atoms with Crippen molar-refractivity contribution in [1.82, 2.24) is 4.98 Å². The molecule has 0 radical (unpaired) electrons. The Morgan fingerprint density at radius 3 is 2.25 bits per heavy atom. The molecular weight excluding hydrogens is 360 g/mol. The highest BCUT2D eigenvalue weighted by Gasteiger charge is 2.21. The van der Waals surface area contributed by atoms with E-state index in [1.807, 2.05) is 18.0 Å². The molecule has 0 atom stereocenters. The molecule has 2 heterocycles. The van der Waals surface area contributed by atoms with E-state index in [0.717, 1.165) is 17.7 Å². The molecule has 0 saturated heterocycles. The lowest BCUT2D eigenvalue weighted by Crippen LogP contribution is -2.14. The van der Waals surface area contributed by atoms with Gasteiger partial charge in [-0.3, -0.25) is 4.98 Å². The summed E-state index contributed by atoms with van der Waals surface area (Å²) in [4.78, 5) is 6.12. The first-order valence-electron chi connectivity index (χ1n) is 9.71. The van der Waals surface area contributed by atoms with Gasteiger partial charge in [0.1, 0.15) is 0 Å². The number of aryl methyl sites for hydroxylation is 2. The zero-order valence-corrected chi connectivity index (χ0v) is 16.7. The Kier molecular flexibility index (Phi) is 4.53. The number of nitrogens with zero attached hydrogens (tertiary/aromatic N) is 1. The highest BCUT2D eigenvalue weighted by molar-refractivity contribution is 7.99. The summed E-state index contributed by atoms with van der Waals surface area (Å²) < 4.78 is 0. The SMILES string of the molecule is Cc1cnc2ccc3c(c2c1NC(c1ccccc1)c1ccccc1)CCS3. The number of nitrogens with one attached hydrogen (secondary N) is 1. The maximum absolute atomic E-state index is 4.72. The molecule has 0 bridgehead atoms. The van der Waals surface area contributed by atoms with E-state index < -0.39 is 0 Å². The minimum Gasteiger partial charge on any atom is -0.373 e. The Labute approximate surface area is 170 Å². The smallest absolute Gasteiger partial charge is 0.0767 e. The molecule has 1 aromatic heterocycles. The highest BCUT2D eigenvalue weighted by Crippen LogP contribution is 2.41. The number of anilines is 1. The lowest BCUT2D eigenvalue weighted by atomic mass is 9.96. The van der Waals surface area contributed by atoms with Gasteiger partial charge < -0.3 is 5.32 Å². The molecule has 0 unspecified atom stereocenters. The van der Waals surface area contributed by atoms with E-state index in [4.69, 9.17) is 4.98 Å². The first-order valence-corrected chi connectivity index (χ1v) is 10.7. The first-order chi connectivity index (χ1) is 13.8. The molecular formula is C25H22N2S. The van der Waals surface area contributed by atoms with Crippen LogP contribution in [0.2, 0.25) is 0 Å². The van der Waals surface area contributed by atoms with E-state index in [2.05, 4.69) is 85.0 Å². The maximum Gasteiger partial charge on any atom is 0.0767 e. The number of hydrogen-bond donors (Lipinski definition) is 1. The van der Waals surface area contributed by atoms with Crippen molar-refractivity contribution < 1.29 is 0 Å². The van der Waals surface area contributed by atoms with Crippen LogP contribution < -0.4 is 5.32 Å². The topological polar surface area (TPSA) is 24.9 Å². The Bertz CT molecular complexity index is 1080. The predicted octanol–water partition coefficient (Wildman–Crippen LogP) is 6.39. The first kappa shape index (κ1) is 17.3. The molecule has 1 aliphatic rings. The van der Waals surface area contributed by atoms with Crippen molar-refractivity contribution >= 4 is 28.4 Å². The van der Waals surface area contributed by atoms with Gasteiger partial charge in [-0.2, -0.15) is 0 Å². The van der Waals surface area contributed by atoms with Gasteiger partial charge in [0.15, 0.2) is 0 Å². The third-order valence-electron chi connectivity index (χ3n) is 5.45. The van der Waals surface area contributed by atoms with Gasteiger partial charge in [-0.15, -0.1) is 11.8 Å². The second-order valence-electron chi connectivity index (χ2n) is 7.25. The van der Waals surface area contributed by atoms with Crippen LogP contribution in [0.1, 0.15) is 28.3 Å². The van der Waals surface area contributed by atoms with E-state index in [1.54, 1.807) is 0 Å². The van der Waals surface area contributed by atoms with Crippen LogP contribution in [0.15, 0.2) is 83.9 Å². The molecule has 28 heavy (non-hydrogen) atoms. The molecule has 3 aromatic carbocycles. The number of aromatic nitrogens is 1. The maximum atomic E-state index is 4.72. The van der Waals surface area contributed by atoms with Crippen molar-refractivity contribution in [3.05, 3.63) is 101 Å². The third-order valence-corrected chi connectivity index (χ3v) is 6.56. The van der Waals surface area contributed by atoms with E-state index in [9.17, 15) is 0 Å². The van der Waals surface area contributed by atoms with E-state index >= 15 is 0 Å². The van der Waals surface area contributed by atoms with Crippen molar-refractivity contribution in [2.45, 2.75) is 24.3 Å². The zero-order valence-electron chi connectivity index (χ0n) is 15.9. The van der Waals surface area contributed by atoms with E-state index in [0.29, 0.717) is 0 Å².